The van der Waals surface area contributed by atoms with Gasteiger partial charge in [0.1, 0.15) is 6.04 Å². The Morgan fingerprint density at radius 1 is 1.05 bits per heavy atom. The van der Waals surface area contributed by atoms with Gasteiger partial charge in [0.05, 0.1) is 18.2 Å². The normalized spacial score (nSPS) is 23.0. The molecule has 1 saturated carbocycles. The molecule has 1 aromatic rings. The molecule has 0 bridgehead atoms. The van der Waals surface area contributed by atoms with Crippen molar-refractivity contribution in [1.82, 2.24) is 15.5 Å². The largest absolute Gasteiger partial charge is 0.447 e. The highest BCUT2D eigenvalue weighted by molar-refractivity contribution is 6.37. The lowest BCUT2D eigenvalue weighted by molar-refractivity contribution is -0.144. The Kier molecular flexibility index (Phi) is 11.3. The van der Waals surface area contributed by atoms with E-state index in [1.165, 1.54) is 4.90 Å². The number of hydrogen-bond donors (Lipinski definition) is 2. The van der Waals surface area contributed by atoms with Crippen molar-refractivity contribution in [3.63, 3.8) is 0 Å². The van der Waals surface area contributed by atoms with Crippen LogP contribution < -0.4 is 10.6 Å². The number of carbonyl (C=O) groups is 5. The summed E-state index contributed by atoms with van der Waals surface area (Å²) < 4.78 is 35.2. The first kappa shape index (κ1) is 35.1. The maximum atomic E-state index is 15.0. The van der Waals surface area contributed by atoms with Gasteiger partial charge in [0.15, 0.2) is 5.78 Å². The summed E-state index contributed by atoms with van der Waals surface area (Å²) in [5.74, 6) is -8.81. The maximum Gasteiger partial charge on any atom is 0.408 e. The highest BCUT2D eigenvalue weighted by Crippen LogP contribution is 2.51. The number of alkyl halides is 2. The Hall–Kier alpha value is -3.37. The number of likely N-dealkylation sites (tertiary alicyclic amines) is 1. The van der Waals surface area contributed by atoms with Crippen LogP contribution in [0.25, 0.3) is 0 Å². The molecular weight excluding hydrogens is 572 g/mol. The molecule has 3 rings (SSSR count). The molecule has 3 amide bonds. The summed E-state index contributed by atoms with van der Waals surface area (Å²) >= 11 is 0. The van der Waals surface area contributed by atoms with Gasteiger partial charge in [0, 0.05) is 31.2 Å². The topological polar surface area (TPSA) is 122 Å². The summed E-state index contributed by atoms with van der Waals surface area (Å²) in [5.41, 5.74) is -0.0285. The standard InChI is InChI=1S/C33H47F2N3O6/c1-8-12-22(27(40)29(41)36-20(4)21-13-10-9-11-14-21)17-25(39)26-23-15-16-33(34,35)24(23)18-38(26)30(42)28(32(5,6)7)37-31(43)44-19(2)3/h9-11,13-14,19-20,22-24,26,28H,8,12,15-18H2,1-7H3,(H,36,41)(H,37,43)/t20-,22?,23+,24+,26+,28-/m1/s1. The molecule has 1 saturated heterocycles. The summed E-state index contributed by atoms with van der Waals surface area (Å²) in [6.07, 6.45) is -1.23. The minimum atomic E-state index is -3.06. The van der Waals surface area contributed by atoms with Gasteiger partial charge in [-0.05, 0) is 50.5 Å². The fourth-order valence-electron chi connectivity index (χ4n) is 6.40. The van der Waals surface area contributed by atoms with Gasteiger partial charge < -0.3 is 20.3 Å². The smallest absolute Gasteiger partial charge is 0.408 e. The summed E-state index contributed by atoms with van der Waals surface area (Å²) in [4.78, 5) is 67.9. The summed E-state index contributed by atoms with van der Waals surface area (Å²) in [6, 6.07) is 6.32. The van der Waals surface area contributed by atoms with Crippen LogP contribution in [0.5, 0.6) is 0 Å². The lowest BCUT2D eigenvalue weighted by Crippen LogP contribution is -2.57. The third-order valence-electron chi connectivity index (χ3n) is 8.66. The number of ether oxygens (including phenoxy) is 1. The van der Waals surface area contributed by atoms with Crippen molar-refractivity contribution in [2.75, 3.05) is 6.54 Å². The molecule has 1 unspecified atom stereocenters. The van der Waals surface area contributed by atoms with Crippen LogP contribution in [0.15, 0.2) is 30.3 Å². The molecule has 2 aliphatic rings. The fourth-order valence-corrected chi connectivity index (χ4v) is 6.40. The van der Waals surface area contributed by atoms with Gasteiger partial charge >= 0.3 is 6.09 Å². The Bertz CT molecular complexity index is 1220. The van der Waals surface area contributed by atoms with Crippen LogP contribution in [0, 0.1) is 23.2 Å². The third kappa shape index (κ3) is 8.21. The van der Waals surface area contributed by atoms with Crippen LogP contribution in [0.1, 0.15) is 92.2 Å². The summed E-state index contributed by atoms with van der Waals surface area (Å²) in [6.45, 7) is 11.7. The van der Waals surface area contributed by atoms with Crippen molar-refractivity contribution in [1.29, 1.82) is 0 Å². The van der Waals surface area contributed by atoms with E-state index in [1.807, 2.05) is 37.3 Å². The quantitative estimate of drug-likeness (QED) is 0.309. The minimum absolute atomic E-state index is 0.0440. The molecule has 2 N–H and O–H groups in total. The molecule has 44 heavy (non-hydrogen) atoms. The molecule has 1 aliphatic heterocycles. The average Bonchev–Trinajstić information content (AvgIpc) is 3.47. The van der Waals surface area contributed by atoms with Gasteiger partial charge in [-0.3, -0.25) is 19.2 Å². The number of carbonyl (C=O) groups excluding carboxylic acids is 5. The number of amides is 3. The van der Waals surface area contributed by atoms with Gasteiger partial charge in [-0.15, -0.1) is 0 Å². The second kappa shape index (κ2) is 14.2. The fraction of sp³-hybridized carbons (Fsp3) is 0.667. The minimum Gasteiger partial charge on any atom is -0.447 e. The van der Waals surface area contributed by atoms with Gasteiger partial charge in [-0.25, -0.2) is 13.6 Å². The van der Waals surface area contributed by atoms with Crippen molar-refractivity contribution in [2.45, 2.75) is 111 Å². The molecule has 6 atom stereocenters. The lowest BCUT2D eigenvalue weighted by Gasteiger charge is -2.36. The first-order chi connectivity index (χ1) is 20.5. The van der Waals surface area contributed by atoms with E-state index in [0.717, 1.165) is 5.56 Å². The van der Waals surface area contributed by atoms with Crippen LogP contribution in [-0.2, 0) is 23.9 Å². The molecule has 1 heterocycles. The van der Waals surface area contributed by atoms with Gasteiger partial charge in [0.25, 0.3) is 11.8 Å². The molecule has 0 aromatic heterocycles. The van der Waals surface area contributed by atoms with E-state index >= 15 is 0 Å². The van der Waals surface area contributed by atoms with E-state index < -0.39 is 89.2 Å². The van der Waals surface area contributed by atoms with E-state index in [4.69, 9.17) is 4.74 Å². The van der Waals surface area contributed by atoms with E-state index in [0.29, 0.717) is 6.42 Å². The summed E-state index contributed by atoms with van der Waals surface area (Å²) in [5, 5.41) is 5.28. The molecule has 1 aromatic carbocycles. The Labute approximate surface area is 258 Å². The van der Waals surface area contributed by atoms with Crippen LogP contribution in [-0.4, -0.2) is 65.0 Å². The van der Waals surface area contributed by atoms with E-state index in [-0.39, 0.29) is 25.8 Å². The Balaban J connectivity index is 1.86. The van der Waals surface area contributed by atoms with Crippen molar-refractivity contribution in [3.8, 4) is 0 Å². The van der Waals surface area contributed by atoms with Crippen LogP contribution in [0.3, 0.4) is 0 Å². The van der Waals surface area contributed by atoms with Gasteiger partial charge in [0.2, 0.25) is 11.7 Å². The number of benzene rings is 1. The zero-order valence-electron chi connectivity index (χ0n) is 26.8. The maximum absolute atomic E-state index is 15.0. The number of alkyl carbamates (subject to hydrolysis) is 1. The number of ketones is 2. The highest BCUT2D eigenvalue weighted by atomic mass is 19.3. The van der Waals surface area contributed by atoms with Crippen LogP contribution in [0.2, 0.25) is 0 Å². The number of hydrogen-bond acceptors (Lipinski definition) is 6. The monoisotopic (exact) mass is 619 g/mol. The van der Waals surface area contributed by atoms with Gasteiger partial charge in [-0.1, -0.05) is 64.4 Å². The molecular formula is C33H47F2N3O6. The lowest BCUT2D eigenvalue weighted by atomic mass is 9.83. The zero-order chi connectivity index (χ0) is 33.0. The van der Waals surface area contributed by atoms with Crippen molar-refractivity contribution in [3.05, 3.63) is 35.9 Å². The van der Waals surface area contributed by atoms with Crippen LogP contribution >= 0.6 is 0 Å². The molecule has 0 spiro atoms. The van der Waals surface area contributed by atoms with Gasteiger partial charge in [-0.2, -0.15) is 0 Å². The molecule has 1 aliphatic carbocycles. The number of Topliss-reactive ketones (excluding diaryl/α,β-unsaturated/α-hetero) is 2. The first-order valence-corrected chi connectivity index (χ1v) is 15.6. The zero-order valence-corrected chi connectivity index (χ0v) is 26.8. The first-order valence-electron chi connectivity index (χ1n) is 15.6. The SMILES string of the molecule is CCCC(CC(=O)[C@@H]1[C@H]2CCC(F)(F)[C@H]2CN1C(=O)[C@@H](NC(=O)OC(C)C)C(C)(C)C)C(=O)C(=O)N[C@H](C)c1ccccc1. The number of rotatable bonds is 12. The van der Waals surface area contributed by atoms with E-state index in [2.05, 4.69) is 10.6 Å². The van der Waals surface area contributed by atoms with Crippen molar-refractivity contribution in [2.24, 2.45) is 23.2 Å². The molecule has 244 valence electrons. The van der Waals surface area contributed by atoms with E-state index in [1.54, 1.807) is 41.5 Å². The Morgan fingerprint density at radius 2 is 1.68 bits per heavy atom. The molecule has 9 nitrogen and oxygen atoms in total. The molecule has 2 fully saturated rings. The number of fused-ring (bicyclic) bond motifs is 1. The highest BCUT2D eigenvalue weighted by Gasteiger charge is 2.61. The third-order valence-corrected chi connectivity index (χ3v) is 8.66. The van der Waals surface area contributed by atoms with E-state index in [9.17, 15) is 32.8 Å². The van der Waals surface area contributed by atoms with Crippen molar-refractivity contribution < 1.29 is 37.5 Å². The number of nitrogens with one attached hydrogen (secondary N) is 2. The number of halogens is 2. The predicted octanol–water partition coefficient (Wildman–Crippen LogP) is 5.23. The average molecular weight is 620 g/mol. The molecule has 11 heteroatoms. The second-order valence-corrected chi connectivity index (χ2v) is 13.5. The molecule has 0 radical (unpaired) electrons. The predicted molar refractivity (Wildman–Crippen MR) is 161 cm³/mol. The van der Waals surface area contributed by atoms with Crippen molar-refractivity contribution >= 4 is 29.5 Å². The Morgan fingerprint density at radius 3 is 2.25 bits per heavy atom. The van der Waals surface area contributed by atoms with Crippen LogP contribution in [0.4, 0.5) is 13.6 Å². The summed E-state index contributed by atoms with van der Waals surface area (Å²) in [7, 11) is 0. The second-order valence-electron chi connectivity index (χ2n) is 13.5. The number of nitrogens with zero attached hydrogens (tertiary/aromatic N) is 1.